The van der Waals surface area contributed by atoms with Crippen molar-refractivity contribution in [2.45, 2.75) is 6.04 Å². The lowest BCUT2D eigenvalue weighted by atomic mass is 9.96. The van der Waals surface area contributed by atoms with Crippen molar-refractivity contribution in [3.05, 3.63) is 71.3 Å². The van der Waals surface area contributed by atoms with Gasteiger partial charge in [0.15, 0.2) is 0 Å². The highest BCUT2D eigenvalue weighted by molar-refractivity contribution is 5.74. The zero-order valence-corrected chi connectivity index (χ0v) is 15.7. The molecule has 1 amide bonds. The molecule has 0 unspecified atom stereocenters. The summed E-state index contributed by atoms with van der Waals surface area (Å²) in [6.07, 6.45) is 0. The van der Waals surface area contributed by atoms with E-state index in [1.54, 1.807) is 24.3 Å². The number of piperazine rings is 1. The zero-order chi connectivity index (χ0) is 19.9. The summed E-state index contributed by atoms with van der Waals surface area (Å²) in [5.41, 5.74) is 7.02. The molecule has 7 heteroatoms. The standard InChI is InChI=1S/C21H25F2N3O2/c22-18-5-1-16(2-6-18)21(17-3-7-19(23)8-4-17)26-11-9-25(10-12-26)13-14-28-15-20(24)27/h1-8,21H,9-15H2,(H2,24,27). The molecule has 1 saturated heterocycles. The number of benzene rings is 2. The number of ether oxygens (including phenoxy) is 1. The minimum absolute atomic E-state index is 0.0584. The summed E-state index contributed by atoms with van der Waals surface area (Å²) < 4.78 is 32.0. The van der Waals surface area contributed by atoms with Crippen molar-refractivity contribution >= 4 is 5.91 Å². The quantitative estimate of drug-likeness (QED) is 0.703. The van der Waals surface area contributed by atoms with Crippen molar-refractivity contribution in [3.63, 3.8) is 0 Å². The summed E-state index contributed by atoms with van der Waals surface area (Å²) in [6, 6.07) is 12.9. The fourth-order valence-electron chi connectivity index (χ4n) is 3.52. The van der Waals surface area contributed by atoms with E-state index in [9.17, 15) is 13.6 Å². The Kier molecular flexibility index (Phi) is 7.08. The second-order valence-corrected chi connectivity index (χ2v) is 6.90. The summed E-state index contributed by atoms with van der Waals surface area (Å²) in [5, 5.41) is 0. The van der Waals surface area contributed by atoms with Crippen molar-refractivity contribution in [1.82, 2.24) is 9.80 Å². The van der Waals surface area contributed by atoms with Gasteiger partial charge >= 0.3 is 0 Å². The molecule has 0 radical (unpaired) electrons. The Balaban J connectivity index is 1.66. The minimum Gasteiger partial charge on any atom is -0.370 e. The van der Waals surface area contributed by atoms with Crippen LogP contribution in [0.25, 0.3) is 0 Å². The average molecular weight is 389 g/mol. The summed E-state index contributed by atoms with van der Waals surface area (Å²) in [6.45, 7) is 4.46. The van der Waals surface area contributed by atoms with Gasteiger partial charge < -0.3 is 10.5 Å². The highest BCUT2D eigenvalue weighted by Crippen LogP contribution is 2.30. The molecular weight excluding hydrogens is 364 g/mol. The van der Waals surface area contributed by atoms with Gasteiger partial charge in [0.05, 0.1) is 12.6 Å². The lowest BCUT2D eigenvalue weighted by Crippen LogP contribution is -2.48. The predicted molar refractivity (Wildman–Crippen MR) is 103 cm³/mol. The van der Waals surface area contributed by atoms with Crippen LogP contribution in [0.4, 0.5) is 8.78 Å². The van der Waals surface area contributed by atoms with E-state index in [2.05, 4.69) is 9.80 Å². The van der Waals surface area contributed by atoms with Crippen LogP contribution in [0.2, 0.25) is 0 Å². The Morgan fingerprint density at radius 1 is 0.929 bits per heavy atom. The normalized spacial score (nSPS) is 15.8. The highest BCUT2D eigenvalue weighted by atomic mass is 19.1. The van der Waals surface area contributed by atoms with E-state index >= 15 is 0 Å². The number of hydrogen-bond acceptors (Lipinski definition) is 4. The molecule has 2 N–H and O–H groups in total. The number of carbonyl (C=O) groups is 1. The molecule has 1 fully saturated rings. The Hall–Kier alpha value is -2.35. The van der Waals surface area contributed by atoms with Gasteiger partial charge in [-0.25, -0.2) is 8.78 Å². The second kappa shape index (κ2) is 9.73. The molecule has 28 heavy (non-hydrogen) atoms. The number of hydrogen-bond donors (Lipinski definition) is 1. The summed E-state index contributed by atoms with van der Waals surface area (Å²) in [7, 11) is 0. The topological polar surface area (TPSA) is 58.8 Å². The van der Waals surface area contributed by atoms with E-state index < -0.39 is 5.91 Å². The second-order valence-electron chi connectivity index (χ2n) is 6.90. The zero-order valence-electron chi connectivity index (χ0n) is 15.7. The van der Waals surface area contributed by atoms with E-state index in [0.29, 0.717) is 6.61 Å². The highest BCUT2D eigenvalue weighted by Gasteiger charge is 2.26. The number of rotatable bonds is 8. The third-order valence-corrected chi connectivity index (χ3v) is 4.94. The van der Waals surface area contributed by atoms with Gasteiger partial charge in [0, 0.05) is 32.7 Å². The minimum atomic E-state index is -0.466. The van der Waals surface area contributed by atoms with Crippen molar-refractivity contribution in [3.8, 4) is 0 Å². The largest absolute Gasteiger partial charge is 0.370 e. The Bertz CT molecular complexity index is 715. The molecular formula is C21H25F2N3O2. The number of amides is 1. The molecule has 0 atom stereocenters. The molecule has 3 rings (SSSR count). The van der Waals surface area contributed by atoms with Crippen LogP contribution in [0.5, 0.6) is 0 Å². The smallest absolute Gasteiger partial charge is 0.243 e. The van der Waals surface area contributed by atoms with Crippen LogP contribution >= 0.6 is 0 Å². The number of nitrogens with zero attached hydrogens (tertiary/aromatic N) is 2. The molecule has 0 saturated carbocycles. The molecule has 0 bridgehead atoms. The van der Waals surface area contributed by atoms with Crippen LogP contribution in [0.3, 0.4) is 0 Å². The molecule has 1 aliphatic heterocycles. The van der Waals surface area contributed by atoms with Crippen LogP contribution in [0.15, 0.2) is 48.5 Å². The molecule has 2 aromatic carbocycles. The van der Waals surface area contributed by atoms with Crippen LogP contribution < -0.4 is 5.73 Å². The molecule has 1 aliphatic rings. The fraction of sp³-hybridized carbons (Fsp3) is 0.381. The maximum Gasteiger partial charge on any atom is 0.243 e. The number of halogens is 2. The number of nitrogens with two attached hydrogens (primary N) is 1. The first-order valence-corrected chi connectivity index (χ1v) is 9.36. The third-order valence-electron chi connectivity index (χ3n) is 4.94. The van der Waals surface area contributed by atoms with E-state index in [-0.39, 0.29) is 24.3 Å². The monoisotopic (exact) mass is 389 g/mol. The Morgan fingerprint density at radius 2 is 1.43 bits per heavy atom. The average Bonchev–Trinajstić information content (AvgIpc) is 2.69. The van der Waals surface area contributed by atoms with Gasteiger partial charge in [-0.05, 0) is 35.4 Å². The van der Waals surface area contributed by atoms with Crippen molar-refractivity contribution in [1.29, 1.82) is 0 Å². The van der Waals surface area contributed by atoms with Crippen molar-refractivity contribution in [2.75, 3.05) is 45.9 Å². The summed E-state index contributed by atoms with van der Waals surface area (Å²) >= 11 is 0. The molecule has 150 valence electrons. The first kappa shape index (κ1) is 20.4. The van der Waals surface area contributed by atoms with Gasteiger partial charge in [0.25, 0.3) is 0 Å². The maximum atomic E-state index is 13.4. The molecule has 0 aromatic heterocycles. The fourth-order valence-corrected chi connectivity index (χ4v) is 3.52. The number of carbonyl (C=O) groups excluding carboxylic acids is 1. The van der Waals surface area contributed by atoms with Crippen LogP contribution in [-0.4, -0.2) is 61.6 Å². The third kappa shape index (κ3) is 5.58. The number of primary amides is 1. The Labute approximate surface area is 163 Å². The van der Waals surface area contributed by atoms with Crippen LogP contribution in [0, 0.1) is 11.6 Å². The van der Waals surface area contributed by atoms with Gasteiger partial charge in [-0.15, -0.1) is 0 Å². The van der Waals surface area contributed by atoms with Crippen molar-refractivity contribution in [2.24, 2.45) is 5.73 Å². The van der Waals surface area contributed by atoms with E-state index in [1.165, 1.54) is 24.3 Å². The van der Waals surface area contributed by atoms with Gasteiger partial charge in [-0.3, -0.25) is 14.6 Å². The lowest BCUT2D eigenvalue weighted by Gasteiger charge is -2.39. The molecule has 2 aromatic rings. The van der Waals surface area contributed by atoms with E-state index in [0.717, 1.165) is 43.9 Å². The van der Waals surface area contributed by atoms with Gasteiger partial charge in [-0.1, -0.05) is 24.3 Å². The molecule has 0 spiro atoms. The Morgan fingerprint density at radius 3 is 1.89 bits per heavy atom. The first-order chi connectivity index (χ1) is 13.5. The molecule has 5 nitrogen and oxygen atoms in total. The molecule has 0 aliphatic carbocycles. The van der Waals surface area contributed by atoms with E-state index in [4.69, 9.17) is 10.5 Å². The van der Waals surface area contributed by atoms with E-state index in [1.807, 2.05) is 0 Å². The molecule has 1 heterocycles. The van der Waals surface area contributed by atoms with Crippen LogP contribution in [0.1, 0.15) is 17.2 Å². The summed E-state index contributed by atoms with van der Waals surface area (Å²) in [4.78, 5) is 15.3. The van der Waals surface area contributed by atoms with Gasteiger partial charge in [0.2, 0.25) is 5.91 Å². The lowest BCUT2D eigenvalue weighted by molar-refractivity contribution is -0.122. The summed E-state index contributed by atoms with van der Waals surface area (Å²) in [5.74, 6) is -1.02. The first-order valence-electron chi connectivity index (χ1n) is 9.36. The maximum absolute atomic E-state index is 13.4. The van der Waals surface area contributed by atoms with Crippen molar-refractivity contribution < 1.29 is 18.3 Å². The predicted octanol–water partition coefficient (Wildman–Crippen LogP) is 2.17. The van der Waals surface area contributed by atoms with Gasteiger partial charge in [-0.2, -0.15) is 0 Å². The van der Waals surface area contributed by atoms with Gasteiger partial charge in [0.1, 0.15) is 18.2 Å². The SMILES string of the molecule is NC(=O)COCCN1CCN(C(c2ccc(F)cc2)c2ccc(F)cc2)CC1. The van der Waals surface area contributed by atoms with Crippen LogP contribution in [-0.2, 0) is 9.53 Å².